The van der Waals surface area contributed by atoms with Crippen LogP contribution in [0.3, 0.4) is 0 Å². The van der Waals surface area contributed by atoms with Gasteiger partial charge >= 0.3 is 5.97 Å². The molecule has 0 radical (unpaired) electrons. The number of rotatable bonds is 7. The Bertz CT molecular complexity index is 552. The van der Waals surface area contributed by atoms with Crippen LogP contribution in [0.1, 0.15) is 30.9 Å². The summed E-state index contributed by atoms with van der Waals surface area (Å²) in [5.74, 6) is 1.14. The van der Waals surface area contributed by atoms with E-state index in [1.54, 1.807) is 6.08 Å². The number of benzene rings is 1. The molecule has 1 aliphatic heterocycles. The highest BCUT2D eigenvalue weighted by atomic mass is 16.7. The quantitative estimate of drug-likeness (QED) is 0.440. The van der Waals surface area contributed by atoms with Gasteiger partial charge in [0.25, 0.3) is 0 Å². The number of hydrogen-bond donors (Lipinski definition) is 0. The minimum Gasteiger partial charge on any atom is -0.463 e. The van der Waals surface area contributed by atoms with E-state index in [4.69, 9.17) is 14.2 Å². The topological polar surface area (TPSA) is 48.0 Å². The zero-order valence-electron chi connectivity index (χ0n) is 13.4. The molecule has 2 rings (SSSR count). The number of ether oxygens (including phenoxy) is 3. The number of carbonyl (C=O) groups excluding carboxylic acids is 1. The fourth-order valence-electron chi connectivity index (χ4n) is 2.16. The fraction of sp³-hybridized carbons (Fsp3) is 0.471. The van der Waals surface area contributed by atoms with Gasteiger partial charge in [-0.15, -0.1) is 0 Å². The predicted octanol–water partition coefficient (Wildman–Crippen LogP) is 2.83. The Balaban J connectivity index is 2.12. The molecule has 1 aromatic rings. The van der Waals surface area contributed by atoms with Crippen LogP contribution in [0.2, 0.25) is 0 Å². The molecule has 0 unspecified atom stereocenters. The summed E-state index contributed by atoms with van der Waals surface area (Å²) in [5, 5.41) is 0. The summed E-state index contributed by atoms with van der Waals surface area (Å²) in [6.07, 6.45) is 5.13. The normalized spacial score (nSPS) is 13.1. The van der Waals surface area contributed by atoms with E-state index in [-0.39, 0.29) is 12.8 Å². The second-order valence-corrected chi connectivity index (χ2v) is 5.50. The highest BCUT2D eigenvalue weighted by Gasteiger charge is 2.16. The molecule has 22 heavy (non-hydrogen) atoms. The van der Waals surface area contributed by atoms with Gasteiger partial charge in [-0.1, -0.05) is 13.3 Å². The van der Waals surface area contributed by atoms with Crippen molar-refractivity contribution in [3.05, 3.63) is 29.3 Å². The van der Waals surface area contributed by atoms with Crippen LogP contribution in [0.4, 0.5) is 0 Å². The van der Waals surface area contributed by atoms with Crippen LogP contribution in [0.25, 0.3) is 6.08 Å². The Hall–Kier alpha value is -2.01. The molecule has 120 valence electrons. The molecule has 0 atom stereocenters. The molecule has 0 aliphatic carbocycles. The largest absolute Gasteiger partial charge is 0.463 e. The van der Waals surface area contributed by atoms with Crippen LogP contribution in [0, 0.1) is 0 Å². The summed E-state index contributed by atoms with van der Waals surface area (Å²) in [7, 11) is 3.99. The zero-order valence-corrected chi connectivity index (χ0v) is 13.4. The van der Waals surface area contributed by atoms with Crippen LogP contribution >= 0.6 is 0 Å². The molecular weight excluding hydrogens is 282 g/mol. The van der Waals surface area contributed by atoms with E-state index < -0.39 is 0 Å². The molecule has 5 nitrogen and oxygen atoms in total. The van der Waals surface area contributed by atoms with Crippen molar-refractivity contribution in [2.75, 3.05) is 27.5 Å². The maximum Gasteiger partial charge on any atom is 0.330 e. The van der Waals surface area contributed by atoms with Crippen molar-refractivity contribution in [3.63, 3.8) is 0 Å². The lowest BCUT2D eigenvalue weighted by atomic mass is 10.1. The molecule has 0 saturated carbocycles. The maximum atomic E-state index is 11.7. The third-order valence-corrected chi connectivity index (χ3v) is 3.26. The van der Waals surface area contributed by atoms with Gasteiger partial charge in [-0.05, 0) is 49.9 Å². The summed E-state index contributed by atoms with van der Waals surface area (Å²) in [6.45, 7) is 3.51. The Morgan fingerprint density at radius 3 is 2.73 bits per heavy atom. The second kappa shape index (κ2) is 7.84. The lowest BCUT2D eigenvalue weighted by Gasteiger charge is -2.13. The Morgan fingerprint density at radius 1 is 1.32 bits per heavy atom. The molecule has 0 bridgehead atoms. The number of nitrogens with zero attached hydrogens (tertiary/aromatic N) is 1. The van der Waals surface area contributed by atoms with Gasteiger partial charge in [-0.25, -0.2) is 4.79 Å². The Labute approximate surface area is 131 Å². The first kappa shape index (κ1) is 16.4. The van der Waals surface area contributed by atoms with Gasteiger partial charge in [-0.2, -0.15) is 0 Å². The third kappa shape index (κ3) is 4.49. The summed E-state index contributed by atoms with van der Waals surface area (Å²) in [6, 6.07) is 3.86. The highest BCUT2D eigenvalue weighted by molar-refractivity contribution is 5.87. The van der Waals surface area contributed by atoms with Crippen molar-refractivity contribution in [3.8, 4) is 11.5 Å². The molecule has 0 N–H and O–H groups in total. The number of unbranched alkanes of at least 4 members (excludes halogenated alkanes) is 1. The minimum absolute atomic E-state index is 0.239. The van der Waals surface area contributed by atoms with Crippen LogP contribution in [0.15, 0.2) is 18.2 Å². The molecule has 1 heterocycles. The number of carbonyl (C=O) groups is 1. The molecule has 0 fully saturated rings. The molecule has 0 aromatic heterocycles. The monoisotopic (exact) mass is 305 g/mol. The van der Waals surface area contributed by atoms with Gasteiger partial charge in [0.1, 0.15) is 0 Å². The predicted molar refractivity (Wildman–Crippen MR) is 84.9 cm³/mol. The zero-order chi connectivity index (χ0) is 15.9. The highest BCUT2D eigenvalue weighted by Crippen LogP contribution is 2.35. The number of hydrogen-bond acceptors (Lipinski definition) is 5. The molecule has 0 saturated heterocycles. The van der Waals surface area contributed by atoms with Gasteiger partial charge in [0, 0.05) is 12.6 Å². The van der Waals surface area contributed by atoms with E-state index in [1.807, 2.05) is 26.2 Å². The average molecular weight is 305 g/mol. The van der Waals surface area contributed by atoms with Crippen LogP contribution < -0.4 is 9.47 Å². The maximum absolute atomic E-state index is 11.7. The Kier molecular flexibility index (Phi) is 5.83. The van der Waals surface area contributed by atoms with Crippen molar-refractivity contribution in [1.82, 2.24) is 4.90 Å². The van der Waals surface area contributed by atoms with Gasteiger partial charge in [-0.3, -0.25) is 0 Å². The lowest BCUT2D eigenvalue weighted by Crippen LogP contribution is -2.11. The molecule has 0 spiro atoms. The first-order valence-electron chi connectivity index (χ1n) is 7.52. The Morgan fingerprint density at radius 2 is 2.05 bits per heavy atom. The lowest BCUT2D eigenvalue weighted by molar-refractivity contribution is -0.137. The first-order valence-corrected chi connectivity index (χ1v) is 7.52. The van der Waals surface area contributed by atoms with E-state index in [2.05, 4.69) is 11.8 Å². The first-order chi connectivity index (χ1) is 10.6. The third-order valence-electron chi connectivity index (χ3n) is 3.26. The van der Waals surface area contributed by atoms with E-state index in [0.29, 0.717) is 12.4 Å². The fourth-order valence-corrected chi connectivity index (χ4v) is 2.16. The summed E-state index contributed by atoms with van der Waals surface area (Å²) in [5.41, 5.74) is 2.01. The smallest absolute Gasteiger partial charge is 0.330 e. The molecule has 1 aliphatic rings. The van der Waals surface area contributed by atoms with E-state index in [0.717, 1.165) is 36.3 Å². The van der Waals surface area contributed by atoms with Crippen molar-refractivity contribution in [2.24, 2.45) is 0 Å². The summed E-state index contributed by atoms with van der Waals surface area (Å²) >= 11 is 0. The van der Waals surface area contributed by atoms with Crippen molar-refractivity contribution in [1.29, 1.82) is 0 Å². The average Bonchev–Trinajstić information content (AvgIpc) is 2.91. The second-order valence-electron chi connectivity index (χ2n) is 5.50. The van der Waals surface area contributed by atoms with Gasteiger partial charge in [0.05, 0.1) is 6.61 Å². The summed E-state index contributed by atoms with van der Waals surface area (Å²) in [4.78, 5) is 13.7. The molecule has 0 amide bonds. The minimum atomic E-state index is -0.318. The van der Waals surface area contributed by atoms with Crippen molar-refractivity contribution in [2.45, 2.75) is 26.3 Å². The van der Waals surface area contributed by atoms with Crippen LogP contribution in [0.5, 0.6) is 11.5 Å². The molecular formula is C17H23NO4. The van der Waals surface area contributed by atoms with Crippen molar-refractivity contribution >= 4 is 12.0 Å². The number of esters is 1. The van der Waals surface area contributed by atoms with Crippen molar-refractivity contribution < 1.29 is 19.0 Å². The number of fused-ring (bicyclic) bond motifs is 1. The van der Waals surface area contributed by atoms with Crippen LogP contribution in [-0.2, 0) is 16.1 Å². The van der Waals surface area contributed by atoms with E-state index in [9.17, 15) is 4.79 Å². The van der Waals surface area contributed by atoms with Crippen LogP contribution in [-0.4, -0.2) is 38.4 Å². The van der Waals surface area contributed by atoms with E-state index in [1.165, 1.54) is 6.08 Å². The standard InChI is InChI=1S/C17H23NO4/c1-4-5-8-20-17(19)7-6-13-9-15-16(22-12-21-15)10-14(13)11-18(2)3/h6-7,9-10H,4-5,8,11-12H2,1-3H3/b7-6+. The van der Waals surface area contributed by atoms with Gasteiger partial charge in [0.2, 0.25) is 6.79 Å². The van der Waals surface area contributed by atoms with Gasteiger partial charge < -0.3 is 19.1 Å². The molecule has 5 heteroatoms. The SMILES string of the molecule is CCCCOC(=O)/C=C/c1cc2c(cc1CN(C)C)OCO2. The van der Waals surface area contributed by atoms with E-state index >= 15 is 0 Å². The molecule has 1 aromatic carbocycles. The van der Waals surface area contributed by atoms with Gasteiger partial charge in [0.15, 0.2) is 11.5 Å². The summed E-state index contributed by atoms with van der Waals surface area (Å²) < 4.78 is 15.9.